The topological polar surface area (TPSA) is 140 Å². The van der Waals surface area contributed by atoms with Crippen LogP contribution in [0.4, 0.5) is 11.5 Å². The molecule has 33 heavy (non-hydrogen) atoms. The van der Waals surface area contributed by atoms with E-state index in [1.165, 1.54) is 4.57 Å². The maximum Gasteiger partial charge on any atom is 0.329 e. The van der Waals surface area contributed by atoms with E-state index in [0.29, 0.717) is 5.89 Å². The number of aromatic amines is 1. The van der Waals surface area contributed by atoms with Crippen LogP contribution in [0.1, 0.15) is 38.1 Å². The molecule has 2 heterocycles. The van der Waals surface area contributed by atoms with Crippen molar-refractivity contribution in [1.29, 1.82) is 0 Å². The molecule has 1 aromatic carbocycles. The van der Waals surface area contributed by atoms with Crippen molar-refractivity contribution >= 4 is 29.1 Å². The van der Waals surface area contributed by atoms with E-state index in [1.54, 1.807) is 0 Å². The van der Waals surface area contributed by atoms with E-state index in [9.17, 15) is 14.4 Å². The quantitative estimate of drug-likeness (QED) is 0.336. The number of thioether (sulfide) groups is 1. The van der Waals surface area contributed by atoms with Crippen molar-refractivity contribution in [3.05, 3.63) is 50.7 Å². The Bertz CT molecular complexity index is 1220. The summed E-state index contributed by atoms with van der Waals surface area (Å²) in [6, 6.07) is 7.78. The SMILES string of the molecule is CCN(CC)c1ccc(-c2nnc(SCC(=O)c3c(N)n(CC(C)C)c(=O)[nH]c3=O)o2)cc1. The van der Waals surface area contributed by atoms with E-state index in [4.69, 9.17) is 10.2 Å². The molecule has 0 spiro atoms. The number of H-pyrrole nitrogens is 1. The Hall–Kier alpha value is -3.34. The number of nitrogens with zero attached hydrogens (tertiary/aromatic N) is 4. The van der Waals surface area contributed by atoms with Gasteiger partial charge in [-0.2, -0.15) is 0 Å². The van der Waals surface area contributed by atoms with Crippen molar-refractivity contribution in [2.75, 3.05) is 29.5 Å². The highest BCUT2D eigenvalue weighted by atomic mass is 32.2. The van der Waals surface area contributed by atoms with Crippen LogP contribution in [0.2, 0.25) is 0 Å². The van der Waals surface area contributed by atoms with Gasteiger partial charge in [0, 0.05) is 30.9 Å². The lowest BCUT2D eigenvalue weighted by Gasteiger charge is -2.20. The second-order valence-electron chi connectivity index (χ2n) is 7.83. The summed E-state index contributed by atoms with van der Waals surface area (Å²) in [7, 11) is 0. The number of carbonyl (C=O) groups excluding carboxylic acids is 1. The van der Waals surface area contributed by atoms with E-state index >= 15 is 0 Å². The van der Waals surface area contributed by atoms with Crippen LogP contribution in [0, 0.1) is 5.92 Å². The molecule has 10 nitrogen and oxygen atoms in total. The molecule has 0 fully saturated rings. The fourth-order valence-electron chi connectivity index (χ4n) is 3.39. The first kappa shape index (κ1) is 24.3. The highest BCUT2D eigenvalue weighted by molar-refractivity contribution is 7.99. The zero-order valence-electron chi connectivity index (χ0n) is 19.1. The van der Waals surface area contributed by atoms with Gasteiger partial charge in [-0.1, -0.05) is 25.6 Å². The first-order valence-electron chi connectivity index (χ1n) is 10.7. The van der Waals surface area contributed by atoms with Gasteiger partial charge in [-0.05, 0) is 44.0 Å². The van der Waals surface area contributed by atoms with E-state index < -0.39 is 17.0 Å². The van der Waals surface area contributed by atoms with Gasteiger partial charge in [-0.3, -0.25) is 19.1 Å². The van der Waals surface area contributed by atoms with Gasteiger partial charge < -0.3 is 15.1 Å². The maximum atomic E-state index is 12.7. The Morgan fingerprint density at radius 3 is 2.45 bits per heavy atom. The van der Waals surface area contributed by atoms with Crippen molar-refractivity contribution in [3.63, 3.8) is 0 Å². The van der Waals surface area contributed by atoms with Crippen LogP contribution < -0.4 is 21.9 Å². The summed E-state index contributed by atoms with van der Waals surface area (Å²) in [5.41, 5.74) is 6.18. The van der Waals surface area contributed by atoms with Gasteiger partial charge in [0.15, 0.2) is 5.78 Å². The largest absolute Gasteiger partial charge is 0.411 e. The number of aromatic nitrogens is 4. The number of Topliss-reactive ketones (excluding diaryl/α,β-unsaturated/α-hetero) is 1. The smallest absolute Gasteiger partial charge is 0.329 e. The lowest BCUT2D eigenvalue weighted by molar-refractivity contribution is 0.102. The number of rotatable bonds is 10. The van der Waals surface area contributed by atoms with Crippen LogP contribution in [0.15, 0.2) is 43.5 Å². The third-order valence-electron chi connectivity index (χ3n) is 5.04. The Labute approximate surface area is 195 Å². The lowest BCUT2D eigenvalue weighted by atomic mass is 10.2. The van der Waals surface area contributed by atoms with Gasteiger partial charge in [0.25, 0.3) is 10.8 Å². The van der Waals surface area contributed by atoms with E-state index in [2.05, 4.69) is 33.9 Å². The molecule has 0 saturated heterocycles. The lowest BCUT2D eigenvalue weighted by Crippen LogP contribution is -2.37. The molecular formula is C22H28N6O4S. The number of nitrogens with one attached hydrogen (secondary N) is 1. The van der Waals surface area contributed by atoms with Crippen molar-refractivity contribution in [2.24, 2.45) is 5.92 Å². The highest BCUT2D eigenvalue weighted by Crippen LogP contribution is 2.26. The average Bonchev–Trinajstić information content (AvgIpc) is 3.25. The van der Waals surface area contributed by atoms with Gasteiger partial charge in [-0.15, -0.1) is 10.2 Å². The summed E-state index contributed by atoms with van der Waals surface area (Å²) in [5.74, 6) is -0.373. The number of hydrogen-bond donors (Lipinski definition) is 2. The number of benzene rings is 1. The van der Waals surface area contributed by atoms with Crippen molar-refractivity contribution in [3.8, 4) is 11.5 Å². The second-order valence-corrected chi connectivity index (χ2v) is 8.75. The summed E-state index contributed by atoms with van der Waals surface area (Å²) in [6.07, 6.45) is 0. The standard InChI is InChI=1S/C22H28N6O4S/c1-5-27(6-2)15-9-7-14(8-10-15)20-25-26-22(32-20)33-12-16(29)17-18(23)28(11-13(3)4)21(31)24-19(17)30/h7-10,13H,5-6,11-12,23H2,1-4H3,(H,24,30,31). The van der Waals surface area contributed by atoms with Crippen LogP contribution in [0.5, 0.6) is 0 Å². The minimum Gasteiger partial charge on any atom is -0.411 e. The zero-order valence-corrected chi connectivity index (χ0v) is 19.9. The summed E-state index contributed by atoms with van der Waals surface area (Å²) >= 11 is 1.00. The summed E-state index contributed by atoms with van der Waals surface area (Å²) in [6.45, 7) is 10.1. The van der Waals surface area contributed by atoms with E-state index in [0.717, 1.165) is 36.1 Å². The molecule has 2 aromatic heterocycles. The predicted octanol–water partition coefficient (Wildman–Crippen LogP) is 2.65. The first-order valence-corrected chi connectivity index (χ1v) is 11.7. The van der Waals surface area contributed by atoms with E-state index in [-0.39, 0.29) is 34.8 Å². The number of nitrogens with two attached hydrogens (primary N) is 1. The number of hydrogen-bond acceptors (Lipinski definition) is 9. The maximum absolute atomic E-state index is 12.7. The van der Waals surface area contributed by atoms with Gasteiger partial charge in [-0.25, -0.2) is 4.79 Å². The van der Waals surface area contributed by atoms with Gasteiger partial charge in [0.1, 0.15) is 11.4 Å². The van der Waals surface area contributed by atoms with Gasteiger partial charge in [0.05, 0.1) is 5.75 Å². The van der Waals surface area contributed by atoms with Gasteiger partial charge in [0.2, 0.25) is 5.89 Å². The zero-order chi connectivity index (χ0) is 24.1. The van der Waals surface area contributed by atoms with Crippen LogP contribution in [-0.2, 0) is 6.54 Å². The van der Waals surface area contributed by atoms with Crippen LogP contribution in [-0.4, -0.2) is 44.4 Å². The van der Waals surface area contributed by atoms with Crippen LogP contribution in [0.25, 0.3) is 11.5 Å². The highest BCUT2D eigenvalue weighted by Gasteiger charge is 2.21. The molecule has 0 aliphatic carbocycles. The molecule has 3 aromatic rings. The number of nitrogen functional groups attached to an aromatic ring is 1. The molecule has 176 valence electrons. The molecule has 0 unspecified atom stereocenters. The van der Waals surface area contributed by atoms with Crippen LogP contribution >= 0.6 is 11.8 Å². The van der Waals surface area contributed by atoms with Crippen molar-refractivity contribution in [1.82, 2.24) is 19.7 Å². The Balaban J connectivity index is 1.73. The second kappa shape index (κ2) is 10.5. The summed E-state index contributed by atoms with van der Waals surface area (Å²) in [5, 5.41) is 8.21. The minimum absolute atomic E-state index is 0.103. The molecule has 0 aliphatic rings. The number of ketones is 1. The molecule has 0 radical (unpaired) electrons. The summed E-state index contributed by atoms with van der Waals surface area (Å²) in [4.78, 5) is 41.4. The molecule has 0 atom stereocenters. The predicted molar refractivity (Wildman–Crippen MR) is 129 cm³/mol. The van der Waals surface area contributed by atoms with Crippen molar-refractivity contribution in [2.45, 2.75) is 39.5 Å². The Kier molecular flexibility index (Phi) is 7.75. The average molecular weight is 473 g/mol. The van der Waals surface area contributed by atoms with Gasteiger partial charge >= 0.3 is 5.69 Å². The molecule has 0 saturated carbocycles. The number of anilines is 2. The van der Waals surface area contributed by atoms with Crippen LogP contribution in [0.3, 0.4) is 0 Å². The molecule has 3 rings (SSSR count). The molecule has 11 heteroatoms. The molecule has 0 bridgehead atoms. The van der Waals surface area contributed by atoms with E-state index in [1.807, 2.05) is 38.1 Å². The fourth-order valence-corrected chi connectivity index (χ4v) is 4.03. The molecular weight excluding hydrogens is 444 g/mol. The van der Waals surface area contributed by atoms with Crippen molar-refractivity contribution < 1.29 is 9.21 Å². The summed E-state index contributed by atoms with van der Waals surface area (Å²) < 4.78 is 6.87. The number of carbonyl (C=O) groups is 1. The monoisotopic (exact) mass is 472 g/mol. The minimum atomic E-state index is -0.803. The first-order chi connectivity index (χ1) is 15.7. The Morgan fingerprint density at radius 1 is 1.18 bits per heavy atom. The third-order valence-corrected chi connectivity index (χ3v) is 5.86. The molecule has 0 amide bonds. The molecule has 0 aliphatic heterocycles. The molecule has 3 N–H and O–H groups in total. The Morgan fingerprint density at radius 2 is 1.85 bits per heavy atom. The normalized spacial score (nSPS) is 11.2. The fraction of sp³-hybridized carbons (Fsp3) is 0.409. The third kappa shape index (κ3) is 5.54.